The second kappa shape index (κ2) is 11.5. The number of nitrogens with two attached hydrogens (primary N) is 2. The van der Waals surface area contributed by atoms with Crippen LogP contribution in [-0.2, 0) is 11.3 Å². The predicted octanol–water partition coefficient (Wildman–Crippen LogP) is 3.42. The molecule has 5 rings (SSSR count). The molecule has 40 heavy (non-hydrogen) atoms. The maximum atomic E-state index is 10.5. The fraction of sp³-hybridized carbons (Fsp3) is 0.379. The molecule has 1 aliphatic carbocycles. The summed E-state index contributed by atoms with van der Waals surface area (Å²) < 4.78 is 3.97. The molecule has 1 aromatic carbocycles. The molecule has 212 valence electrons. The first-order valence-corrected chi connectivity index (χ1v) is 13.3. The van der Waals surface area contributed by atoms with Gasteiger partial charge in [-0.25, -0.2) is 15.9 Å². The number of hydrogen-bond donors (Lipinski definition) is 4. The van der Waals surface area contributed by atoms with E-state index in [4.69, 9.17) is 11.6 Å². The molecule has 0 saturated heterocycles. The number of carbonyl (C=O) groups is 1. The fourth-order valence-electron chi connectivity index (χ4n) is 4.49. The highest BCUT2D eigenvalue weighted by Gasteiger charge is 2.26. The molecule has 0 aliphatic heterocycles. The van der Waals surface area contributed by atoms with Crippen molar-refractivity contribution in [3.8, 4) is 11.1 Å². The number of aliphatic hydroxyl groups is 1. The fourth-order valence-corrected chi connectivity index (χ4v) is 4.49. The van der Waals surface area contributed by atoms with Crippen LogP contribution in [0.4, 0.5) is 5.69 Å². The summed E-state index contributed by atoms with van der Waals surface area (Å²) in [5.74, 6) is 6.08. The number of fused-ring (bicyclic) bond motifs is 1. The number of amidine groups is 1. The van der Waals surface area contributed by atoms with Gasteiger partial charge in [0.1, 0.15) is 5.65 Å². The van der Waals surface area contributed by atoms with Crippen molar-refractivity contribution in [1.29, 1.82) is 0 Å². The summed E-state index contributed by atoms with van der Waals surface area (Å²) in [4.78, 5) is 14.8. The van der Waals surface area contributed by atoms with E-state index in [-0.39, 0.29) is 0 Å². The third-order valence-electron chi connectivity index (χ3n) is 6.79. The Morgan fingerprint density at radius 3 is 2.60 bits per heavy atom. The number of benzene rings is 1. The monoisotopic (exact) mass is 545 g/mol. The first kappa shape index (κ1) is 28.8. The van der Waals surface area contributed by atoms with Gasteiger partial charge in [-0.1, -0.05) is 12.1 Å². The Bertz CT molecular complexity index is 1540. The topological polar surface area (TPSA) is 152 Å². The van der Waals surface area contributed by atoms with Gasteiger partial charge in [0.25, 0.3) is 0 Å². The number of nitrogens with one attached hydrogen (secondary N) is 1. The highest BCUT2D eigenvalue weighted by atomic mass is 16.3. The molecule has 0 spiro atoms. The lowest BCUT2D eigenvalue weighted by Gasteiger charge is -2.18. The molecule has 11 heteroatoms. The maximum absolute atomic E-state index is 10.5. The second-order valence-corrected chi connectivity index (χ2v) is 10.9. The molecule has 0 radical (unpaired) electrons. The summed E-state index contributed by atoms with van der Waals surface area (Å²) in [6.45, 7) is 12.1. The van der Waals surface area contributed by atoms with Crippen LogP contribution in [-0.4, -0.2) is 53.3 Å². The number of hydrogen-bond acceptors (Lipinski definition) is 7. The molecule has 0 atom stereocenters. The normalized spacial score (nSPS) is 13.7. The van der Waals surface area contributed by atoms with Gasteiger partial charge in [-0.15, -0.1) is 5.10 Å². The van der Waals surface area contributed by atoms with E-state index in [9.17, 15) is 9.90 Å². The summed E-state index contributed by atoms with van der Waals surface area (Å²) in [5.41, 5.74) is 13.9. The Hall–Kier alpha value is -4.22. The van der Waals surface area contributed by atoms with Crippen molar-refractivity contribution in [3.05, 3.63) is 70.9 Å². The molecule has 0 bridgehead atoms. The molecule has 1 fully saturated rings. The molecule has 11 nitrogen and oxygen atoms in total. The van der Waals surface area contributed by atoms with Gasteiger partial charge in [0.2, 0.25) is 6.41 Å². The minimum absolute atomic E-state index is 0.307. The lowest BCUT2D eigenvalue weighted by molar-refractivity contribution is -0.105. The van der Waals surface area contributed by atoms with Gasteiger partial charge < -0.3 is 20.6 Å². The molecule has 1 saturated carbocycles. The van der Waals surface area contributed by atoms with Crippen LogP contribution in [0.5, 0.6) is 0 Å². The number of carbonyl (C=O) groups excluding carboxylic acids is 1. The molecule has 3 heterocycles. The van der Waals surface area contributed by atoms with Crippen molar-refractivity contribution in [2.24, 2.45) is 16.7 Å². The summed E-state index contributed by atoms with van der Waals surface area (Å²) >= 11 is 0. The number of rotatable bonds is 8. The van der Waals surface area contributed by atoms with Gasteiger partial charge in [0, 0.05) is 46.2 Å². The zero-order chi connectivity index (χ0) is 29.2. The Kier molecular flexibility index (Phi) is 8.26. The molecule has 1 aliphatic rings. The number of nitrogens with zero attached hydrogens (tertiary/aromatic N) is 6. The van der Waals surface area contributed by atoms with Crippen molar-refractivity contribution in [2.75, 3.05) is 5.32 Å². The van der Waals surface area contributed by atoms with Crippen LogP contribution in [0.1, 0.15) is 54.9 Å². The van der Waals surface area contributed by atoms with Gasteiger partial charge >= 0.3 is 0 Å². The third kappa shape index (κ3) is 6.67. The molecular formula is C29H39N9O2. The summed E-state index contributed by atoms with van der Waals surface area (Å²) in [5, 5.41) is 22.8. The van der Waals surface area contributed by atoms with E-state index >= 15 is 0 Å². The minimum Gasteiger partial charge on any atom is -0.389 e. The van der Waals surface area contributed by atoms with Crippen LogP contribution >= 0.6 is 0 Å². The van der Waals surface area contributed by atoms with Crippen LogP contribution < -0.4 is 16.9 Å². The Morgan fingerprint density at radius 1 is 1.23 bits per heavy atom. The Labute approximate surface area is 234 Å². The number of pyridine rings is 1. The third-order valence-corrected chi connectivity index (χ3v) is 6.79. The molecular weight excluding hydrogens is 506 g/mol. The average Bonchev–Trinajstić information content (AvgIpc) is 3.63. The molecule has 0 unspecified atom stereocenters. The number of hydrazone groups is 1. The minimum atomic E-state index is -0.786. The van der Waals surface area contributed by atoms with Crippen LogP contribution in [0.25, 0.3) is 16.8 Å². The zero-order valence-corrected chi connectivity index (χ0v) is 24.0. The van der Waals surface area contributed by atoms with Crippen LogP contribution in [0.15, 0.2) is 47.8 Å². The maximum Gasteiger partial charge on any atom is 0.211 e. The van der Waals surface area contributed by atoms with E-state index in [1.54, 1.807) is 19.9 Å². The van der Waals surface area contributed by atoms with Crippen molar-refractivity contribution >= 4 is 23.6 Å². The van der Waals surface area contributed by atoms with Gasteiger partial charge in [0.05, 0.1) is 23.9 Å². The van der Waals surface area contributed by atoms with Crippen LogP contribution in [0, 0.1) is 27.7 Å². The summed E-state index contributed by atoms with van der Waals surface area (Å²) in [6, 6.07) is 9.92. The van der Waals surface area contributed by atoms with Crippen LogP contribution in [0.3, 0.4) is 0 Å². The number of aromatic nitrogens is 4. The zero-order valence-electron chi connectivity index (χ0n) is 24.0. The number of imidazole rings is 1. The lowest BCUT2D eigenvalue weighted by Crippen LogP contribution is -2.31. The van der Waals surface area contributed by atoms with Gasteiger partial charge in [-0.2, -0.15) is 5.10 Å². The van der Waals surface area contributed by atoms with Gasteiger partial charge in [-0.3, -0.25) is 9.48 Å². The van der Waals surface area contributed by atoms with E-state index in [0.717, 1.165) is 63.5 Å². The van der Waals surface area contributed by atoms with Gasteiger partial charge in [0.15, 0.2) is 5.84 Å². The Balaban J connectivity index is 0.000000189. The molecule has 4 aromatic rings. The SMILES string of the molecule is Cc1ccc(/C(N)=N/N(N)C2CC2)cc1NC=O.Cc1nn(CC(C)(C)O)c(C)c1-c1ccc2ncc(C)n2c1. The lowest BCUT2D eigenvalue weighted by atomic mass is 10.1. The molecule has 3 aromatic heterocycles. The average molecular weight is 546 g/mol. The number of anilines is 1. The quantitative estimate of drug-likeness (QED) is 0.0870. The largest absolute Gasteiger partial charge is 0.389 e. The van der Waals surface area contributed by atoms with Crippen molar-refractivity contribution < 1.29 is 9.90 Å². The number of hydrazine groups is 1. The second-order valence-electron chi connectivity index (χ2n) is 10.9. The number of aryl methyl sites for hydroxylation is 3. The molecule has 1 amide bonds. The van der Waals surface area contributed by atoms with Crippen LogP contribution in [0.2, 0.25) is 0 Å². The summed E-state index contributed by atoms with van der Waals surface area (Å²) in [6.07, 6.45) is 6.72. The van der Waals surface area contributed by atoms with E-state index in [1.165, 1.54) is 5.12 Å². The highest BCUT2D eigenvalue weighted by Crippen LogP contribution is 2.28. The van der Waals surface area contributed by atoms with Crippen molar-refractivity contribution in [1.82, 2.24) is 24.3 Å². The van der Waals surface area contributed by atoms with E-state index in [0.29, 0.717) is 24.8 Å². The van der Waals surface area contributed by atoms with E-state index < -0.39 is 5.60 Å². The standard InChI is InChI=1S/C17H22N4O.C12H17N5O/c1-11-8-18-15-7-6-14(9-20(11)15)16-12(2)19-21(13(16)3)10-17(4,5)22;1-8-2-3-9(6-11(8)15-7-18)12(13)16-17(14)10-4-5-10/h6-9,22H,10H2,1-5H3;2-3,6-7,10H,4-5,14H2,1H3,(H2,13,16)(H,15,18). The summed E-state index contributed by atoms with van der Waals surface area (Å²) in [7, 11) is 0. The van der Waals surface area contributed by atoms with E-state index in [1.807, 2.05) is 56.8 Å². The van der Waals surface area contributed by atoms with Crippen molar-refractivity contribution in [3.63, 3.8) is 0 Å². The van der Waals surface area contributed by atoms with E-state index in [2.05, 4.69) is 37.2 Å². The first-order valence-electron chi connectivity index (χ1n) is 13.3. The van der Waals surface area contributed by atoms with Gasteiger partial charge in [-0.05, 0) is 78.1 Å². The number of amides is 1. The molecule has 6 N–H and O–H groups in total. The predicted molar refractivity (Wildman–Crippen MR) is 158 cm³/mol. The Morgan fingerprint density at radius 2 is 1.95 bits per heavy atom. The first-order chi connectivity index (χ1) is 18.9. The van der Waals surface area contributed by atoms with Crippen molar-refractivity contribution in [2.45, 2.75) is 72.6 Å². The highest BCUT2D eigenvalue weighted by molar-refractivity contribution is 5.98. The smallest absolute Gasteiger partial charge is 0.211 e.